The molecule has 42 heavy (non-hydrogen) atoms. The van der Waals surface area contributed by atoms with Gasteiger partial charge in [-0.05, 0) is 55.7 Å². The third-order valence-electron chi connectivity index (χ3n) is 7.18. The van der Waals surface area contributed by atoms with Crippen molar-refractivity contribution in [1.82, 2.24) is 9.21 Å². The van der Waals surface area contributed by atoms with Crippen LogP contribution in [0.1, 0.15) is 29.5 Å². The first-order valence-corrected chi connectivity index (χ1v) is 15.7. The number of sulfonamides is 1. The molecule has 1 aliphatic heterocycles. The van der Waals surface area contributed by atoms with Gasteiger partial charge in [-0.25, -0.2) is 8.42 Å². The Kier molecular flexibility index (Phi) is 9.35. The summed E-state index contributed by atoms with van der Waals surface area (Å²) in [6, 6.07) is 18.8. The van der Waals surface area contributed by atoms with E-state index < -0.39 is 22.5 Å². The molecule has 220 valence electrons. The summed E-state index contributed by atoms with van der Waals surface area (Å²) in [5.41, 5.74) is 2.20. The Hall–Kier alpha value is -3.21. The number of aryl methyl sites for hydroxylation is 1. The molecule has 11 heteroatoms. The normalized spacial score (nSPS) is 15.4. The zero-order valence-corrected chi connectivity index (χ0v) is 25.3. The average molecular weight is 630 g/mol. The summed E-state index contributed by atoms with van der Waals surface area (Å²) in [7, 11) is -4.25. The fourth-order valence-corrected chi connectivity index (χ4v) is 7.12. The van der Waals surface area contributed by atoms with Crippen molar-refractivity contribution in [2.45, 2.75) is 43.9 Å². The van der Waals surface area contributed by atoms with Gasteiger partial charge in [0.25, 0.3) is 0 Å². The van der Waals surface area contributed by atoms with Crippen molar-refractivity contribution >= 4 is 50.1 Å². The van der Waals surface area contributed by atoms with E-state index in [1.165, 1.54) is 29.4 Å². The highest BCUT2D eigenvalue weighted by Gasteiger charge is 2.34. The highest BCUT2D eigenvalue weighted by molar-refractivity contribution is 7.89. The van der Waals surface area contributed by atoms with Crippen LogP contribution in [0.2, 0.25) is 10.0 Å². The van der Waals surface area contributed by atoms with Crippen LogP contribution in [-0.4, -0.2) is 49.3 Å². The van der Waals surface area contributed by atoms with E-state index in [9.17, 15) is 18.0 Å². The molecular weight excluding hydrogens is 599 g/mol. The molecule has 1 aliphatic rings. The SMILES string of the molecule is Cc1ccc2occ(CN(Cc3ccccc3)C(=O)CN(C[C@H]3CCCO3)S(=O)(=O)c3cc(Cl)ccc3Cl)c(=O)c2c1. The third-order valence-corrected chi connectivity index (χ3v) is 9.71. The van der Waals surface area contributed by atoms with Gasteiger partial charge < -0.3 is 14.1 Å². The van der Waals surface area contributed by atoms with Crippen LogP contribution in [0.3, 0.4) is 0 Å². The van der Waals surface area contributed by atoms with Crippen LogP contribution >= 0.6 is 23.2 Å². The van der Waals surface area contributed by atoms with Gasteiger partial charge in [-0.15, -0.1) is 0 Å². The molecule has 4 aromatic rings. The van der Waals surface area contributed by atoms with Gasteiger partial charge in [0, 0.05) is 24.7 Å². The summed E-state index contributed by atoms with van der Waals surface area (Å²) in [6.07, 6.45) is 2.44. The molecular formula is C31H30Cl2N2O6S. The number of ether oxygens (including phenoxy) is 1. The lowest BCUT2D eigenvalue weighted by molar-refractivity contribution is -0.132. The number of nitrogens with zero attached hydrogens (tertiary/aromatic N) is 2. The molecule has 8 nitrogen and oxygen atoms in total. The van der Waals surface area contributed by atoms with Gasteiger partial charge in [-0.2, -0.15) is 4.31 Å². The molecule has 1 aromatic heterocycles. The van der Waals surface area contributed by atoms with Crippen LogP contribution in [0.5, 0.6) is 0 Å². The Balaban J connectivity index is 1.49. The minimum atomic E-state index is -4.25. The average Bonchev–Trinajstić information content (AvgIpc) is 3.49. The van der Waals surface area contributed by atoms with Crippen LogP contribution in [0.4, 0.5) is 0 Å². The van der Waals surface area contributed by atoms with E-state index in [1.54, 1.807) is 12.1 Å². The number of hydrogen-bond acceptors (Lipinski definition) is 6. The van der Waals surface area contributed by atoms with E-state index in [2.05, 4.69) is 0 Å². The van der Waals surface area contributed by atoms with Crippen LogP contribution in [0.25, 0.3) is 11.0 Å². The van der Waals surface area contributed by atoms with E-state index in [-0.39, 0.29) is 51.7 Å². The molecule has 0 radical (unpaired) electrons. The molecule has 0 spiro atoms. The summed E-state index contributed by atoms with van der Waals surface area (Å²) in [5, 5.41) is 0.609. The fraction of sp³-hybridized carbons (Fsp3) is 0.290. The summed E-state index contributed by atoms with van der Waals surface area (Å²) >= 11 is 12.4. The van der Waals surface area contributed by atoms with Crippen molar-refractivity contribution < 1.29 is 22.4 Å². The number of carbonyl (C=O) groups excluding carboxylic acids is 1. The number of halogens is 2. The van der Waals surface area contributed by atoms with Gasteiger partial charge in [0.15, 0.2) is 5.43 Å². The van der Waals surface area contributed by atoms with Gasteiger partial charge in [0.1, 0.15) is 10.5 Å². The third kappa shape index (κ3) is 6.88. The highest BCUT2D eigenvalue weighted by atomic mass is 35.5. The van der Waals surface area contributed by atoms with E-state index in [4.69, 9.17) is 32.4 Å². The molecule has 1 fully saturated rings. The van der Waals surface area contributed by atoms with Crippen LogP contribution in [0.15, 0.2) is 87.1 Å². The molecule has 0 saturated carbocycles. The molecule has 0 aliphatic carbocycles. The predicted molar refractivity (Wildman–Crippen MR) is 162 cm³/mol. The van der Waals surface area contributed by atoms with Crippen molar-refractivity contribution in [1.29, 1.82) is 0 Å². The van der Waals surface area contributed by atoms with Crippen molar-refractivity contribution in [3.63, 3.8) is 0 Å². The first kappa shape index (κ1) is 30.3. The smallest absolute Gasteiger partial charge is 0.245 e. The molecule has 0 unspecified atom stereocenters. The summed E-state index contributed by atoms with van der Waals surface area (Å²) in [5.74, 6) is -0.498. The molecule has 0 bridgehead atoms. The van der Waals surface area contributed by atoms with Gasteiger partial charge in [0.2, 0.25) is 15.9 Å². The number of amides is 1. The summed E-state index contributed by atoms with van der Waals surface area (Å²) < 4.78 is 40.3. The maximum atomic E-state index is 14.0. The summed E-state index contributed by atoms with van der Waals surface area (Å²) in [6.45, 7) is 1.94. The van der Waals surface area contributed by atoms with E-state index in [0.717, 1.165) is 21.9 Å². The number of hydrogen-bond donors (Lipinski definition) is 0. The second kappa shape index (κ2) is 13.0. The maximum absolute atomic E-state index is 14.0. The zero-order valence-electron chi connectivity index (χ0n) is 23.0. The van der Waals surface area contributed by atoms with Gasteiger partial charge in [0.05, 0.1) is 41.4 Å². The lowest BCUT2D eigenvalue weighted by Crippen LogP contribution is -2.45. The van der Waals surface area contributed by atoms with Crippen molar-refractivity contribution in [3.8, 4) is 0 Å². The monoisotopic (exact) mass is 628 g/mol. The largest absolute Gasteiger partial charge is 0.464 e. The van der Waals surface area contributed by atoms with Crippen molar-refractivity contribution in [2.75, 3.05) is 19.7 Å². The Bertz CT molecular complexity index is 1750. The number of rotatable bonds is 10. The molecule has 3 aromatic carbocycles. The van der Waals surface area contributed by atoms with Crippen molar-refractivity contribution in [3.05, 3.63) is 110 Å². The molecule has 1 amide bonds. The molecule has 1 atom stereocenters. The van der Waals surface area contributed by atoms with Crippen LogP contribution < -0.4 is 5.43 Å². The minimum absolute atomic E-state index is 0.00519. The maximum Gasteiger partial charge on any atom is 0.245 e. The Morgan fingerprint density at radius 1 is 1.02 bits per heavy atom. The minimum Gasteiger partial charge on any atom is -0.464 e. The van der Waals surface area contributed by atoms with Gasteiger partial charge in [-0.3, -0.25) is 9.59 Å². The number of fused-ring (bicyclic) bond motifs is 1. The van der Waals surface area contributed by atoms with Gasteiger partial charge in [-0.1, -0.05) is 65.2 Å². The van der Waals surface area contributed by atoms with E-state index >= 15 is 0 Å². The fourth-order valence-electron chi connectivity index (χ4n) is 4.96. The predicted octanol–water partition coefficient (Wildman–Crippen LogP) is 5.81. The lowest BCUT2D eigenvalue weighted by atomic mass is 10.1. The Morgan fingerprint density at radius 2 is 1.81 bits per heavy atom. The van der Waals surface area contributed by atoms with E-state index in [0.29, 0.717) is 24.0 Å². The van der Waals surface area contributed by atoms with Crippen LogP contribution in [-0.2, 0) is 32.6 Å². The molecule has 1 saturated heterocycles. The lowest BCUT2D eigenvalue weighted by Gasteiger charge is -2.29. The Morgan fingerprint density at radius 3 is 2.55 bits per heavy atom. The number of carbonyl (C=O) groups is 1. The molecule has 0 N–H and O–H groups in total. The topological polar surface area (TPSA) is 97.1 Å². The van der Waals surface area contributed by atoms with Gasteiger partial charge >= 0.3 is 0 Å². The first-order valence-electron chi connectivity index (χ1n) is 13.5. The zero-order chi connectivity index (χ0) is 29.9. The van der Waals surface area contributed by atoms with E-state index in [1.807, 2.05) is 43.3 Å². The molecule has 5 rings (SSSR count). The quantitative estimate of drug-likeness (QED) is 0.220. The second-order valence-electron chi connectivity index (χ2n) is 10.3. The second-order valence-corrected chi connectivity index (χ2v) is 13.1. The number of benzene rings is 3. The standard InChI is InChI=1S/C31H30Cl2N2O6S/c1-21-9-12-28-26(14-21)31(37)23(20-41-28)17-34(16-22-6-3-2-4-7-22)30(36)19-35(18-25-8-5-13-40-25)42(38,39)29-15-24(32)10-11-27(29)33/h2-4,6-7,9-12,14-15,20,25H,5,8,13,16-19H2,1H3/t25-/m1/s1. The highest BCUT2D eigenvalue weighted by Crippen LogP contribution is 2.29. The first-order chi connectivity index (χ1) is 20.1. The summed E-state index contributed by atoms with van der Waals surface area (Å²) in [4.78, 5) is 28.7. The van der Waals surface area contributed by atoms with Crippen LogP contribution in [0, 0.1) is 6.92 Å². The Labute approximate surface area is 254 Å². The van der Waals surface area contributed by atoms with Crippen molar-refractivity contribution in [2.24, 2.45) is 0 Å². The molecule has 2 heterocycles.